The standard InChI is InChI=1S/C15H23N3O4/c1-20-4-3-18-11-16-5-13(18)7-17-6-12-8-22-10-15(12,9-17)14(19)21-2/h5,11-12H,3-4,6-10H2,1-2H3/t12-,15-/m0/s1. The van der Waals surface area contributed by atoms with Crippen molar-refractivity contribution in [2.75, 3.05) is 47.1 Å². The maximum atomic E-state index is 12.2. The Balaban J connectivity index is 1.68. The van der Waals surface area contributed by atoms with E-state index in [9.17, 15) is 4.79 Å². The number of carbonyl (C=O) groups is 1. The first kappa shape index (κ1) is 15.5. The van der Waals surface area contributed by atoms with Crippen molar-refractivity contribution >= 4 is 5.97 Å². The summed E-state index contributed by atoms with van der Waals surface area (Å²) in [5.41, 5.74) is 0.643. The van der Waals surface area contributed by atoms with Crippen molar-refractivity contribution in [3.63, 3.8) is 0 Å². The molecule has 22 heavy (non-hydrogen) atoms. The van der Waals surface area contributed by atoms with Gasteiger partial charge in [0, 0.05) is 45.4 Å². The second-order valence-corrected chi connectivity index (χ2v) is 6.10. The number of methoxy groups -OCH3 is 2. The molecule has 2 saturated heterocycles. The lowest BCUT2D eigenvalue weighted by molar-refractivity contribution is -0.153. The van der Waals surface area contributed by atoms with Crippen LogP contribution in [0.3, 0.4) is 0 Å². The van der Waals surface area contributed by atoms with Gasteiger partial charge in [-0.3, -0.25) is 9.69 Å². The van der Waals surface area contributed by atoms with E-state index in [4.69, 9.17) is 14.2 Å². The fourth-order valence-corrected chi connectivity index (χ4v) is 3.55. The lowest BCUT2D eigenvalue weighted by Crippen LogP contribution is -2.40. The molecule has 0 amide bonds. The predicted molar refractivity (Wildman–Crippen MR) is 78.1 cm³/mol. The van der Waals surface area contributed by atoms with Gasteiger partial charge in [0.05, 0.1) is 39.0 Å². The van der Waals surface area contributed by atoms with E-state index in [0.29, 0.717) is 26.4 Å². The fourth-order valence-electron chi connectivity index (χ4n) is 3.55. The van der Waals surface area contributed by atoms with Crippen LogP contribution in [0.5, 0.6) is 0 Å². The molecular weight excluding hydrogens is 286 g/mol. The molecule has 1 aromatic rings. The summed E-state index contributed by atoms with van der Waals surface area (Å²) >= 11 is 0. The first-order valence-corrected chi connectivity index (χ1v) is 7.56. The lowest BCUT2D eigenvalue weighted by Gasteiger charge is -2.24. The van der Waals surface area contributed by atoms with Gasteiger partial charge in [-0.05, 0) is 0 Å². The molecule has 0 aliphatic carbocycles. The van der Waals surface area contributed by atoms with Crippen LogP contribution in [0, 0.1) is 11.3 Å². The Hall–Kier alpha value is -1.44. The Morgan fingerprint density at radius 3 is 3.18 bits per heavy atom. The summed E-state index contributed by atoms with van der Waals surface area (Å²) in [6.45, 7) is 4.85. The first-order valence-electron chi connectivity index (χ1n) is 7.56. The topological polar surface area (TPSA) is 65.8 Å². The van der Waals surface area contributed by atoms with E-state index in [1.807, 2.05) is 12.5 Å². The summed E-state index contributed by atoms with van der Waals surface area (Å²) in [5.74, 6) is 0.0701. The largest absolute Gasteiger partial charge is 0.468 e. The van der Waals surface area contributed by atoms with Crippen LogP contribution < -0.4 is 0 Å². The monoisotopic (exact) mass is 309 g/mol. The molecule has 1 aromatic heterocycles. The van der Waals surface area contributed by atoms with Crippen LogP contribution in [0.1, 0.15) is 5.69 Å². The Kier molecular flexibility index (Phi) is 4.46. The Bertz CT molecular complexity index is 533. The van der Waals surface area contributed by atoms with Gasteiger partial charge in [0.25, 0.3) is 0 Å². The van der Waals surface area contributed by atoms with Crippen LogP contribution in [0.15, 0.2) is 12.5 Å². The number of hydrogen-bond donors (Lipinski definition) is 0. The maximum Gasteiger partial charge on any atom is 0.315 e. The number of hydrogen-bond acceptors (Lipinski definition) is 6. The van der Waals surface area contributed by atoms with Crippen molar-refractivity contribution in [2.45, 2.75) is 13.1 Å². The molecule has 0 bridgehead atoms. The van der Waals surface area contributed by atoms with E-state index in [1.54, 1.807) is 7.11 Å². The first-order chi connectivity index (χ1) is 10.7. The minimum atomic E-state index is -0.494. The van der Waals surface area contributed by atoms with Gasteiger partial charge < -0.3 is 18.8 Å². The van der Waals surface area contributed by atoms with Gasteiger partial charge in [-0.1, -0.05) is 0 Å². The third-order valence-corrected chi connectivity index (χ3v) is 4.76. The minimum Gasteiger partial charge on any atom is -0.468 e. The number of likely N-dealkylation sites (tertiary alicyclic amines) is 1. The quantitative estimate of drug-likeness (QED) is 0.697. The second-order valence-electron chi connectivity index (χ2n) is 6.10. The number of rotatable bonds is 6. The molecule has 0 radical (unpaired) electrons. The molecule has 2 aliphatic heterocycles. The average Bonchev–Trinajstić information content (AvgIpc) is 3.19. The highest BCUT2D eigenvalue weighted by atomic mass is 16.5. The SMILES string of the molecule is COCCn1cncc1CN1C[C@H]2COC[C@@]2(C(=O)OC)C1. The lowest BCUT2D eigenvalue weighted by atomic mass is 9.81. The number of carbonyl (C=O) groups excluding carboxylic acids is 1. The van der Waals surface area contributed by atoms with E-state index in [0.717, 1.165) is 25.3 Å². The molecule has 0 N–H and O–H groups in total. The molecular formula is C15H23N3O4. The van der Waals surface area contributed by atoms with Gasteiger partial charge in [-0.25, -0.2) is 4.98 Å². The minimum absolute atomic E-state index is 0.148. The van der Waals surface area contributed by atoms with E-state index < -0.39 is 5.41 Å². The predicted octanol–water partition coefficient (Wildman–Crippen LogP) is 0.151. The Morgan fingerprint density at radius 1 is 1.55 bits per heavy atom. The maximum absolute atomic E-state index is 12.2. The highest BCUT2D eigenvalue weighted by Crippen LogP contribution is 2.42. The number of imidazole rings is 1. The van der Waals surface area contributed by atoms with Crippen LogP contribution in [0.2, 0.25) is 0 Å². The summed E-state index contributed by atoms with van der Waals surface area (Å²) in [6, 6.07) is 0. The van der Waals surface area contributed by atoms with Crippen LogP contribution in [0.25, 0.3) is 0 Å². The normalized spacial score (nSPS) is 28.0. The average molecular weight is 309 g/mol. The van der Waals surface area contributed by atoms with Gasteiger partial charge in [0.15, 0.2) is 0 Å². The molecule has 0 unspecified atom stereocenters. The van der Waals surface area contributed by atoms with Crippen molar-refractivity contribution in [1.29, 1.82) is 0 Å². The Morgan fingerprint density at radius 2 is 2.41 bits per heavy atom. The molecule has 0 spiro atoms. The van der Waals surface area contributed by atoms with E-state index >= 15 is 0 Å². The van der Waals surface area contributed by atoms with Crippen LogP contribution in [-0.4, -0.2) is 67.6 Å². The van der Waals surface area contributed by atoms with Crippen LogP contribution >= 0.6 is 0 Å². The number of fused-ring (bicyclic) bond motifs is 1. The van der Waals surface area contributed by atoms with Crippen molar-refractivity contribution < 1.29 is 19.0 Å². The van der Waals surface area contributed by atoms with Crippen molar-refractivity contribution in [3.05, 3.63) is 18.2 Å². The molecule has 2 aliphatic rings. The molecule has 122 valence electrons. The summed E-state index contributed by atoms with van der Waals surface area (Å²) in [6.07, 6.45) is 3.70. The molecule has 2 fully saturated rings. The van der Waals surface area contributed by atoms with Crippen molar-refractivity contribution in [3.8, 4) is 0 Å². The number of esters is 1. The molecule has 7 nitrogen and oxygen atoms in total. The molecule has 3 heterocycles. The summed E-state index contributed by atoms with van der Waals surface area (Å²) in [5, 5.41) is 0. The summed E-state index contributed by atoms with van der Waals surface area (Å²) < 4.78 is 17.8. The molecule has 3 rings (SSSR count). The zero-order valence-electron chi connectivity index (χ0n) is 13.2. The third kappa shape index (κ3) is 2.64. The highest BCUT2D eigenvalue weighted by Gasteiger charge is 2.56. The van der Waals surface area contributed by atoms with E-state index in [1.165, 1.54) is 7.11 Å². The number of nitrogens with zero attached hydrogens (tertiary/aromatic N) is 3. The smallest absolute Gasteiger partial charge is 0.315 e. The van der Waals surface area contributed by atoms with Crippen LogP contribution in [-0.2, 0) is 32.1 Å². The molecule has 2 atom stereocenters. The van der Waals surface area contributed by atoms with Crippen molar-refractivity contribution in [2.24, 2.45) is 11.3 Å². The van der Waals surface area contributed by atoms with Gasteiger partial charge in [0.2, 0.25) is 0 Å². The zero-order chi connectivity index (χ0) is 15.6. The van der Waals surface area contributed by atoms with Gasteiger partial charge in [-0.2, -0.15) is 0 Å². The molecule has 0 aromatic carbocycles. The Labute approximate surface area is 130 Å². The molecule has 7 heteroatoms. The summed E-state index contributed by atoms with van der Waals surface area (Å²) in [7, 11) is 3.15. The van der Waals surface area contributed by atoms with Crippen molar-refractivity contribution in [1.82, 2.24) is 14.5 Å². The zero-order valence-corrected chi connectivity index (χ0v) is 13.2. The molecule has 0 saturated carbocycles. The fraction of sp³-hybridized carbons (Fsp3) is 0.733. The number of aromatic nitrogens is 2. The third-order valence-electron chi connectivity index (χ3n) is 4.76. The second kappa shape index (κ2) is 6.36. The number of ether oxygens (including phenoxy) is 3. The highest BCUT2D eigenvalue weighted by molar-refractivity contribution is 5.78. The van der Waals surface area contributed by atoms with E-state index in [2.05, 4.69) is 14.5 Å². The van der Waals surface area contributed by atoms with Gasteiger partial charge >= 0.3 is 5.97 Å². The van der Waals surface area contributed by atoms with Crippen LogP contribution in [0.4, 0.5) is 0 Å². The van der Waals surface area contributed by atoms with E-state index in [-0.39, 0.29) is 11.9 Å². The summed E-state index contributed by atoms with van der Waals surface area (Å²) in [4.78, 5) is 18.7. The van der Waals surface area contributed by atoms with Gasteiger partial charge in [-0.15, -0.1) is 0 Å². The van der Waals surface area contributed by atoms with Gasteiger partial charge in [0.1, 0.15) is 5.41 Å².